The molecule has 1 aliphatic carbocycles. The third kappa shape index (κ3) is 3.81. The van der Waals surface area contributed by atoms with Crippen molar-refractivity contribution in [3.05, 3.63) is 58.8 Å². The quantitative estimate of drug-likeness (QED) is 0.876. The van der Waals surface area contributed by atoms with Crippen LogP contribution in [0.3, 0.4) is 0 Å². The van der Waals surface area contributed by atoms with Crippen molar-refractivity contribution < 1.29 is 9.59 Å². The van der Waals surface area contributed by atoms with Gasteiger partial charge in [0, 0.05) is 11.3 Å². The van der Waals surface area contributed by atoms with Gasteiger partial charge >= 0.3 is 6.03 Å². The zero-order valence-electron chi connectivity index (χ0n) is 12.6. The van der Waals surface area contributed by atoms with Crippen molar-refractivity contribution in [2.24, 2.45) is 5.92 Å². The Bertz CT molecular complexity index is 609. The fourth-order valence-corrected chi connectivity index (χ4v) is 2.32. The molecule has 1 atom stereocenters. The fraction of sp³-hybridized carbons (Fsp3) is 0.294. The number of rotatable bonds is 2. The molecule has 0 radical (unpaired) electrons. The monoisotopic (exact) mass is 284 g/mol. The number of aryl methyl sites for hydroxylation is 2. The topological polar surface area (TPSA) is 58.2 Å². The van der Waals surface area contributed by atoms with E-state index in [1.165, 1.54) is 0 Å². The van der Waals surface area contributed by atoms with Crippen molar-refractivity contribution >= 4 is 11.9 Å². The Morgan fingerprint density at radius 3 is 2.43 bits per heavy atom. The molecule has 0 fully saturated rings. The van der Waals surface area contributed by atoms with Crippen LogP contribution in [0.1, 0.15) is 34.8 Å². The lowest BCUT2D eigenvalue weighted by Crippen LogP contribution is -2.39. The summed E-state index contributed by atoms with van der Waals surface area (Å²) in [5.74, 6) is 0.103. The van der Waals surface area contributed by atoms with Gasteiger partial charge in [0.05, 0.1) is 0 Å². The number of carbonyl (C=O) groups excluding carboxylic acids is 2. The van der Waals surface area contributed by atoms with Crippen LogP contribution in [0.25, 0.3) is 0 Å². The second kappa shape index (κ2) is 6.39. The van der Waals surface area contributed by atoms with Gasteiger partial charge in [-0.05, 0) is 43.4 Å². The Kier molecular flexibility index (Phi) is 4.58. The molecule has 2 rings (SSSR count). The molecule has 3 amide bonds. The third-order valence-electron chi connectivity index (χ3n) is 3.51. The largest absolute Gasteiger partial charge is 0.326 e. The normalized spacial score (nSPS) is 17.1. The van der Waals surface area contributed by atoms with E-state index < -0.39 is 6.03 Å². The second-order valence-electron chi connectivity index (χ2n) is 5.41. The lowest BCUT2D eigenvalue weighted by Gasteiger charge is -2.14. The van der Waals surface area contributed by atoms with E-state index in [0.717, 1.165) is 23.2 Å². The first-order chi connectivity index (χ1) is 9.97. The van der Waals surface area contributed by atoms with Gasteiger partial charge in [0.25, 0.3) is 5.91 Å². The van der Waals surface area contributed by atoms with E-state index in [1.54, 1.807) is 0 Å². The van der Waals surface area contributed by atoms with Crippen molar-refractivity contribution in [1.29, 1.82) is 0 Å². The maximum Gasteiger partial charge on any atom is 0.326 e. The summed E-state index contributed by atoms with van der Waals surface area (Å²) in [6, 6.07) is 5.09. The van der Waals surface area contributed by atoms with Crippen molar-refractivity contribution in [1.82, 2.24) is 10.6 Å². The van der Waals surface area contributed by atoms with Gasteiger partial charge in [-0.15, -0.1) is 0 Å². The maximum atomic E-state index is 12.2. The summed E-state index contributed by atoms with van der Waals surface area (Å²) in [7, 11) is 0. The van der Waals surface area contributed by atoms with Gasteiger partial charge in [-0.25, -0.2) is 4.79 Å². The highest BCUT2D eigenvalue weighted by Crippen LogP contribution is 2.14. The number of nitrogens with one attached hydrogen (secondary N) is 2. The molecule has 110 valence electrons. The number of allylic oxidation sites excluding steroid dienone is 3. The molecule has 1 unspecified atom stereocenters. The van der Waals surface area contributed by atoms with Crippen molar-refractivity contribution in [2.45, 2.75) is 27.2 Å². The summed E-state index contributed by atoms with van der Waals surface area (Å²) >= 11 is 0. The molecule has 0 heterocycles. The van der Waals surface area contributed by atoms with E-state index in [4.69, 9.17) is 0 Å². The SMILES string of the molecule is Cc1cccc(C)c1C(=O)NC(=O)NC1=CCC(C)C=C1. The van der Waals surface area contributed by atoms with Gasteiger partial charge in [0.15, 0.2) is 0 Å². The van der Waals surface area contributed by atoms with Gasteiger partial charge in [-0.2, -0.15) is 0 Å². The molecule has 0 bridgehead atoms. The lowest BCUT2D eigenvalue weighted by molar-refractivity contribution is 0.0963. The van der Waals surface area contributed by atoms with Crippen LogP contribution < -0.4 is 10.6 Å². The Morgan fingerprint density at radius 1 is 1.19 bits per heavy atom. The minimum atomic E-state index is -0.506. The molecule has 1 aromatic carbocycles. The molecule has 0 saturated carbocycles. The van der Waals surface area contributed by atoms with E-state index >= 15 is 0 Å². The molecule has 1 aromatic rings. The predicted molar refractivity (Wildman–Crippen MR) is 82.9 cm³/mol. The maximum absolute atomic E-state index is 12.2. The Hall–Kier alpha value is -2.36. The van der Waals surface area contributed by atoms with E-state index in [0.29, 0.717) is 11.5 Å². The highest BCUT2D eigenvalue weighted by Gasteiger charge is 2.15. The van der Waals surface area contributed by atoms with Crippen molar-refractivity contribution in [3.63, 3.8) is 0 Å². The van der Waals surface area contributed by atoms with Crippen LogP contribution in [0.5, 0.6) is 0 Å². The summed E-state index contributed by atoms with van der Waals surface area (Å²) in [5.41, 5.74) is 2.98. The molecule has 2 N–H and O–H groups in total. The standard InChI is InChI=1S/C17H20N2O2/c1-11-7-9-14(10-8-11)18-17(21)19-16(20)15-12(2)5-4-6-13(15)3/h4-7,9-11H,8H2,1-3H3,(H2,18,19,20,21). The first-order valence-electron chi connectivity index (χ1n) is 7.04. The van der Waals surface area contributed by atoms with Crippen LogP contribution in [0.4, 0.5) is 4.79 Å². The molecule has 0 spiro atoms. The van der Waals surface area contributed by atoms with Crippen LogP contribution in [0.2, 0.25) is 0 Å². The summed E-state index contributed by atoms with van der Waals surface area (Å²) in [5, 5.41) is 5.06. The molecule has 0 saturated heterocycles. The first-order valence-corrected chi connectivity index (χ1v) is 7.04. The Balaban J connectivity index is 2.00. The van der Waals surface area contributed by atoms with Crippen LogP contribution in [-0.4, -0.2) is 11.9 Å². The van der Waals surface area contributed by atoms with E-state index in [9.17, 15) is 9.59 Å². The summed E-state index contributed by atoms with van der Waals surface area (Å²) in [6.07, 6.45) is 6.73. The molecular weight excluding hydrogens is 264 g/mol. The van der Waals surface area contributed by atoms with Crippen molar-refractivity contribution in [3.8, 4) is 0 Å². The van der Waals surface area contributed by atoms with Gasteiger partial charge in [-0.1, -0.05) is 37.3 Å². The number of imide groups is 1. The number of carbonyl (C=O) groups is 2. The second-order valence-corrected chi connectivity index (χ2v) is 5.41. The van der Waals surface area contributed by atoms with Crippen molar-refractivity contribution in [2.75, 3.05) is 0 Å². The molecule has 0 aromatic heterocycles. The molecular formula is C17H20N2O2. The van der Waals surface area contributed by atoms with E-state index in [2.05, 4.69) is 17.6 Å². The molecule has 21 heavy (non-hydrogen) atoms. The minimum Gasteiger partial charge on any atom is -0.308 e. The van der Waals surface area contributed by atoms with Crippen LogP contribution in [0.15, 0.2) is 42.1 Å². The molecule has 1 aliphatic rings. The highest BCUT2D eigenvalue weighted by molar-refractivity contribution is 6.06. The molecule has 4 heteroatoms. The van der Waals surface area contributed by atoms with Crippen LogP contribution in [-0.2, 0) is 0 Å². The number of amides is 3. The van der Waals surface area contributed by atoms with Crippen LogP contribution in [0, 0.1) is 19.8 Å². The summed E-state index contributed by atoms with van der Waals surface area (Å²) in [4.78, 5) is 24.1. The smallest absolute Gasteiger partial charge is 0.308 e. The lowest BCUT2D eigenvalue weighted by atomic mass is 10.0. The number of urea groups is 1. The minimum absolute atomic E-state index is 0.378. The van der Waals surface area contributed by atoms with E-state index in [1.807, 2.05) is 50.3 Å². The number of hydrogen-bond donors (Lipinski definition) is 2. The summed E-state index contributed by atoms with van der Waals surface area (Å²) < 4.78 is 0. The zero-order chi connectivity index (χ0) is 15.4. The average molecular weight is 284 g/mol. The predicted octanol–water partition coefficient (Wildman–Crippen LogP) is 3.22. The molecule has 0 aliphatic heterocycles. The zero-order valence-corrected chi connectivity index (χ0v) is 12.6. The van der Waals surface area contributed by atoms with Gasteiger partial charge in [-0.3, -0.25) is 10.1 Å². The first kappa shape index (κ1) is 15.0. The number of benzene rings is 1. The summed E-state index contributed by atoms with van der Waals surface area (Å²) in [6.45, 7) is 5.82. The van der Waals surface area contributed by atoms with Gasteiger partial charge in [0.1, 0.15) is 0 Å². The van der Waals surface area contributed by atoms with Crippen LogP contribution >= 0.6 is 0 Å². The van der Waals surface area contributed by atoms with E-state index in [-0.39, 0.29) is 5.91 Å². The fourth-order valence-electron chi connectivity index (χ4n) is 2.32. The van der Waals surface area contributed by atoms with Gasteiger partial charge in [0.2, 0.25) is 0 Å². The van der Waals surface area contributed by atoms with Gasteiger partial charge < -0.3 is 5.32 Å². The Morgan fingerprint density at radius 2 is 1.86 bits per heavy atom. The molecule has 4 nitrogen and oxygen atoms in total. The highest BCUT2D eigenvalue weighted by atomic mass is 16.2. The number of hydrogen-bond acceptors (Lipinski definition) is 2. The Labute approximate surface area is 124 Å². The third-order valence-corrected chi connectivity index (χ3v) is 3.51. The average Bonchev–Trinajstić information content (AvgIpc) is 2.41.